The zero-order valence-electron chi connectivity index (χ0n) is 14.5. The van der Waals surface area contributed by atoms with Crippen LogP contribution in [-0.2, 0) is 16.1 Å². The van der Waals surface area contributed by atoms with Crippen molar-refractivity contribution in [1.82, 2.24) is 4.98 Å². The lowest BCUT2D eigenvalue weighted by molar-refractivity contribution is -0.124. The zero-order chi connectivity index (χ0) is 17.7. The number of carbonyl (C=O) groups excluding carboxylic acids is 1. The normalized spacial score (nSPS) is 15.0. The molecule has 0 aliphatic carbocycles. The van der Waals surface area contributed by atoms with Crippen LogP contribution in [0.25, 0.3) is 0 Å². The third-order valence-corrected chi connectivity index (χ3v) is 4.44. The number of carbonyl (C=O) groups is 1. The number of hydrogen-bond acceptors (Lipinski definition) is 5. The van der Waals surface area contributed by atoms with Crippen LogP contribution >= 0.6 is 36.4 Å². The average molecular weight is 435 g/mol. The van der Waals surface area contributed by atoms with Crippen molar-refractivity contribution in [3.05, 3.63) is 53.3 Å². The number of halogens is 3. The molecular weight excluding hydrogens is 413 g/mol. The van der Waals surface area contributed by atoms with Crippen molar-refractivity contribution < 1.29 is 14.3 Å². The quantitative estimate of drug-likeness (QED) is 0.751. The minimum absolute atomic E-state index is 0. The second kappa shape index (κ2) is 10.7. The van der Waals surface area contributed by atoms with E-state index >= 15 is 0 Å². The van der Waals surface area contributed by atoms with Gasteiger partial charge >= 0.3 is 0 Å². The molecule has 1 aliphatic heterocycles. The Balaban J connectivity index is 0.00000182. The Morgan fingerprint density at radius 2 is 2.04 bits per heavy atom. The third-order valence-electron chi connectivity index (χ3n) is 4.14. The standard InChI is InChI=1S/C18H20ClN3O3.2ClH/c19-15-10-14(22-17(23)18(20)5-8-24-9-6-18)3-4-16(15)25-12-13-2-1-7-21-11-13;;/h1-4,7,10-11H,5-6,8-9,12,20H2,(H,22,23);2*1H. The molecule has 3 rings (SSSR count). The van der Waals surface area contributed by atoms with Crippen molar-refractivity contribution in [3.63, 3.8) is 0 Å². The SMILES string of the molecule is Cl.Cl.NC1(C(=O)Nc2ccc(OCc3cccnc3)c(Cl)c2)CCOCC1. The molecule has 1 saturated heterocycles. The fourth-order valence-corrected chi connectivity index (χ4v) is 2.79. The molecule has 0 atom stereocenters. The monoisotopic (exact) mass is 433 g/mol. The lowest BCUT2D eigenvalue weighted by atomic mass is 9.90. The van der Waals surface area contributed by atoms with E-state index in [0.717, 1.165) is 5.56 Å². The number of ether oxygens (including phenoxy) is 2. The van der Waals surface area contributed by atoms with Crippen molar-refractivity contribution >= 4 is 48.0 Å². The number of rotatable bonds is 5. The predicted molar refractivity (Wildman–Crippen MR) is 110 cm³/mol. The minimum Gasteiger partial charge on any atom is -0.487 e. The number of amides is 1. The van der Waals surface area contributed by atoms with Crippen molar-refractivity contribution in [2.24, 2.45) is 5.73 Å². The van der Waals surface area contributed by atoms with Crippen LogP contribution in [0.3, 0.4) is 0 Å². The minimum atomic E-state index is -0.903. The molecule has 0 radical (unpaired) electrons. The summed E-state index contributed by atoms with van der Waals surface area (Å²) in [5, 5.41) is 3.24. The molecule has 1 aromatic heterocycles. The van der Waals surface area contributed by atoms with Crippen molar-refractivity contribution in [1.29, 1.82) is 0 Å². The fourth-order valence-electron chi connectivity index (χ4n) is 2.56. The number of aromatic nitrogens is 1. The van der Waals surface area contributed by atoms with Gasteiger partial charge in [0, 0.05) is 36.9 Å². The first-order valence-corrected chi connectivity index (χ1v) is 8.44. The number of pyridine rings is 1. The number of benzene rings is 1. The number of nitrogens with zero attached hydrogens (tertiary/aromatic N) is 1. The molecule has 6 nitrogen and oxygen atoms in total. The van der Waals surface area contributed by atoms with Crippen LogP contribution < -0.4 is 15.8 Å². The van der Waals surface area contributed by atoms with Gasteiger partial charge in [-0.1, -0.05) is 17.7 Å². The van der Waals surface area contributed by atoms with E-state index < -0.39 is 5.54 Å². The Morgan fingerprint density at radius 1 is 1.30 bits per heavy atom. The molecular formula is C18H22Cl3N3O3. The summed E-state index contributed by atoms with van der Waals surface area (Å²) >= 11 is 6.26. The highest BCUT2D eigenvalue weighted by Crippen LogP contribution is 2.29. The van der Waals surface area contributed by atoms with E-state index in [1.165, 1.54) is 0 Å². The summed E-state index contributed by atoms with van der Waals surface area (Å²) in [5.41, 5.74) is 6.80. The largest absolute Gasteiger partial charge is 0.487 e. The Labute approximate surface area is 175 Å². The van der Waals surface area contributed by atoms with E-state index in [1.54, 1.807) is 30.6 Å². The first kappa shape index (κ1) is 23.5. The molecule has 0 unspecified atom stereocenters. The van der Waals surface area contributed by atoms with E-state index in [1.807, 2.05) is 12.1 Å². The fraction of sp³-hybridized carbons (Fsp3) is 0.333. The van der Waals surface area contributed by atoms with Crippen LogP contribution in [0.5, 0.6) is 5.75 Å². The molecule has 0 saturated carbocycles. The summed E-state index contributed by atoms with van der Waals surface area (Å²) in [6.07, 6.45) is 4.44. The van der Waals surface area contributed by atoms with Gasteiger partial charge in [-0.2, -0.15) is 0 Å². The van der Waals surface area contributed by atoms with Crippen LogP contribution in [-0.4, -0.2) is 29.6 Å². The molecule has 2 aromatic rings. The first-order valence-electron chi connectivity index (χ1n) is 8.06. The Morgan fingerprint density at radius 3 is 2.67 bits per heavy atom. The highest BCUT2D eigenvalue weighted by Gasteiger charge is 2.35. The molecule has 3 N–H and O–H groups in total. The zero-order valence-corrected chi connectivity index (χ0v) is 16.9. The van der Waals surface area contributed by atoms with Crippen LogP contribution in [0, 0.1) is 0 Å². The van der Waals surface area contributed by atoms with Gasteiger partial charge in [0.05, 0.1) is 5.02 Å². The second-order valence-corrected chi connectivity index (χ2v) is 6.42. The highest BCUT2D eigenvalue weighted by molar-refractivity contribution is 6.32. The van der Waals surface area contributed by atoms with Crippen LogP contribution in [0.4, 0.5) is 5.69 Å². The second-order valence-electron chi connectivity index (χ2n) is 6.02. The molecule has 9 heteroatoms. The van der Waals surface area contributed by atoms with Gasteiger partial charge in [0.2, 0.25) is 5.91 Å². The van der Waals surface area contributed by atoms with E-state index in [-0.39, 0.29) is 30.7 Å². The van der Waals surface area contributed by atoms with E-state index in [0.29, 0.717) is 49.1 Å². The summed E-state index contributed by atoms with van der Waals surface area (Å²) in [7, 11) is 0. The van der Waals surface area contributed by atoms with Gasteiger partial charge in [-0.15, -0.1) is 24.8 Å². The molecule has 1 aromatic carbocycles. The number of nitrogens with one attached hydrogen (secondary N) is 1. The summed E-state index contributed by atoms with van der Waals surface area (Å²) in [6, 6.07) is 8.88. The Hall–Kier alpha value is -1.57. The summed E-state index contributed by atoms with van der Waals surface area (Å²) in [5.74, 6) is 0.313. The van der Waals surface area contributed by atoms with Crippen molar-refractivity contribution in [3.8, 4) is 5.75 Å². The molecule has 1 amide bonds. The molecule has 148 valence electrons. The van der Waals surface area contributed by atoms with E-state index in [2.05, 4.69) is 10.3 Å². The van der Waals surface area contributed by atoms with Gasteiger partial charge in [-0.05, 0) is 37.1 Å². The van der Waals surface area contributed by atoms with Crippen molar-refractivity contribution in [2.45, 2.75) is 25.0 Å². The van der Waals surface area contributed by atoms with Gasteiger partial charge in [0.1, 0.15) is 17.9 Å². The maximum Gasteiger partial charge on any atom is 0.244 e. The average Bonchev–Trinajstić information content (AvgIpc) is 2.62. The number of hydrogen-bond donors (Lipinski definition) is 2. The smallest absolute Gasteiger partial charge is 0.244 e. The maximum absolute atomic E-state index is 12.4. The molecule has 2 heterocycles. The molecule has 1 aliphatic rings. The Kier molecular flexibility index (Phi) is 9.29. The Bertz CT molecular complexity index is 741. The van der Waals surface area contributed by atoms with Crippen LogP contribution in [0.2, 0.25) is 5.02 Å². The van der Waals surface area contributed by atoms with Gasteiger partial charge in [0.25, 0.3) is 0 Å². The van der Waals surface area contributed by atoms with Gasteiger partial charge in [0.15, 0.2) is 0 Å². The third kappa shape index (κ3) is 6.23. The highest BCUT2D eigenvalue weighted by atomic mass is 35.5. The van der Waals surface area contributed by atoms with Crippen molar-refractivity contribution in [2.75, 3.05) is 18.5 Å². The molecule has 27 heavy (non-hydrogen) atoms. The van der Waals surface area contributed by atoms with Gasteiger partial charge in [-0.3, -0.25) is 9.78 Å². The summed E-state index contributed by atoms with van der Waals surface area (Å²) in [4.78, 5) is 16.5. The van der Waals surface area contributed by atoms with Crippen LogP contribution in [0.15, 0.2) is 42.7 Å². The van der Waals surface area contributed by atoms with Gasteiger partial charge in [-0.25, -0.2) is 0 Å². The van der Waals surface area contributed by atoms with Crippen LogP contribution in [0.1, 0.15) is 18.4 Å². The topological polar surface area (TPSA) is 86.5 Å². The molecule has 1 fully saturated rings. The predicted octanol–water partition coefficient (Wildman–Crippen LogP) is 3.60. The molecule has 0 spiro atoms. The van der Waals surface area contributed by atoms with Gasteiger partial charge < -0.3 is 20.5 Å². The van der Waals surface area contributed by atoms with E-state index in [4.69, 9.17) is 26.8 Å². The van der Waals surface area contributed by atoms with E-state index in [9.17, 15) is 4.79 Å². The maximum atomic E-state index is 12.4. The lowest BCUT2D eigenvalue weighted by Gasteiger charge is -2.31. The summed E-state index contributed by atoms with van der Waals surface area (Å²) in [6.45, 7) is 1.35. The number of anilines is 1. The summed E-state index contributed by atoms with van der Waals surface area (Å²) < 4.78 is 11.0. The molecule has 0 bridgehead atoms. The lowest BCUT2D eigenvalue weighted by Crippen LogP contribution is -2.54. The number of nitrogens with two attached hydrogens (primary N) is 1. The first-order chi connectivity index (χ1) is 12.1.